The molecule has 4 heteroatoms. The van der Waals surface area contributed by atoms with Gasteiger partial charge in [0.05, 0.1) is 23.2 Å². The lowest BCUT2D eigenvalue weighted by atomic mass is 10.1. The van der Waals surface area contributed by atoms with Crippen molar-refractivity contribution in [2.24, 2.45) is 0 Å². The number of para-hydroxylation sites is 1. The summed E-state index contributed by atoms with van der Waals surface area (Å²) in [4.78, 5) is 3.29. The lowest BCUT2D eigenvalue weighted by Gasteiger charge is -2.17. The third kappa shape index (κ3) is 1.63. The van der Waals surface area contributed by atoms with Crippen molar-refractivity contribution in [1.82, 2.24) is 9.55 Å². The van der Waals surface area contributed by atoms with Crippen LogP contribution in [-0.4, -0.2) is 22.3 Å². The van der Waals surface area contributed by atoms with Crippen LogP contribution in [0.2, 0.25) is 0 Å². The number of fused-ring (bicyclic) bond motifs is 1. The number of aromatic amines is 1. The van der Waals surface area contributed by atoms with Crippen molar-refractivity contribution in [3.8, 4) is 0 Å². The second-order valence-corrected chi connectivity index (χ2v) is 5.09. The van der Waals surface area contributed by atoms with Gasteiger partial charge in [0.15, 0.2) is 4.77 Å². The van der Waals surface area contributed by atoms with Gasteiger partial charge in [-0.1, -0.05) is 12.1 Å². The van der Waals surface area contributed by atoms with Crippen molar-refractivity contribution >= 4 is 23.3 Å². The number of ether oxygens (including phenoxy) is 1. The van der Waals surface area contributed by atoms with Crippen LogP contribution in [0.1, 0.15) is 24.9 Å². The first-order valence-corrected chi connectivity index (χ1v) is 6.41. The Bertz CT molecular complexity index is 613. The summed E-state index contributed by atoms with van der Waals surface area (Å²) in [6, 6.07) is 6.62. The number of aromatic nitrogens is 2. The number of imidazole rings is 1. The maximum atomic E-state index is 5.65. The summed E-state index contributed by atoms with van der Waals surface area (Å²) in [5.74, 6) is 0. The molecule has 1 fully saturated rings. The predicted octanol–water partition coefficient (Wildman–Crippen LogP) is 3.36. The minimum absolute atomic E-state index is 0.236. The van der Waals surface area contributed by atoms with Crippen molar-refractivity contribution in [2.45, 2.75) is 32.4 Å². The van der Waals surface area contributed by atoms with E-state index in [1.165, 1.54) is 11.1 Å². The molecule has 2 atom stereocenters. The van der Waals surface area contributed by atoms with E-state index in [2.05, 4.69) is 41.6 Å². The lowest BCUT2D eigenvalue weighted by molar-refractivity contribution is 0.108. The van der Waals surface area contributed by atoms with E-state index in [9.17, 15) is 0 Å². The molecule has 1 aliphatic rings. The Balaban J connectivity index is 2.28. The fourth-order valence-corrected chi connectivity index (χ4v) is 3.07. The van der Waals surface area contributed by atoms with Crippen molar-refractivity contribution in [2.75, 3.05) is 6.61 Å². The Morgan fingerprint density at radius 1 is 1.47 bits per heavy atom. The minimum Gasteiger partial charge on any atom is -0.376 e. The Kier molecular flexibility index (Phi) is 2.56. The van der Waals surface area contributed by atoms with Crippen LogP contribution in [-0.2, 0) is 4.74 Å². The molecule has 0 amide bonds. The SMILES string of the molecule is Cc1cccc2[nH]c(=S)n(C3CCOC3C)c12. The molecule has 2 unspecified atom stereocenters. The third-order valence-electron chi connectivity index (χ3n) is 3.61. The molecule has 90 valence electrons. The molecule has 1 aromatic carbocycles. The van der Waals surface area contributed by atoms with Gasteiger partial charge in [-0.3, -0.25) is 0 Å². The van der Waals surface area contributed by atoms with Gasteiger partial charge in [-0.2, -0.15) is 0 Å². The van der Waals surface area contributed by atoms with Gasteiger partial charge in [-0.25, -0.2) is 0 Å². The quantitative estimate of drug-likeness (QED) is 0.784. The third-order valence-corrected chi connectivity index (χ3v) is 3.91. The van der Waals surface area contributed by atoms with E-state index in [-0.39, 0.29) is 6.10 Å². The number of H-pyrrole nitrogens is 1. The molecule has 1 saturated heterocycles. The van der Waals surface area contributed by atoms with Crippen LogP contribution in [0.5, 0.6) is 0 Å². The summed E-state index contributed by atoms with van der Waals surface area (Å²) < 4.78 is 8.69. The average molecular weight is 248 g/mol. The molecule has 0 radical (unpaired) electrons. The van der Waals surface area contributed by atoms with E-state index in [0.717, 1.165) is 23.3 Å². The summed E-state index contributed by atoms with van der Waals surface area (Å²) >= 11 is 5.45. The molecular weight excluding hydrogens is 232 g/mol. The monoisotopic (exact) mass is 248 g/mol. The fraction of sp³-hybridized carbons (Fsp3) is 0.462. The second-order valence-electron chi connectivity index (χ2n) is 4.70. The molecule has 0 spiro atoms. The fourth-order valence-electron chi connectivity index (χ4n) is 2.73. The molecule has 1 N–H and O–H groups in total. The highest BCUT2D eigenvalue weighted by Crippen LogP contribution is 2.31. The summed E-state index contributed by atoms with van der Waals surface area (Å²) in [6.45, 7) is 5.07. The Labute approximate surface area is 105 Å². The van der Waals surface area contributed by atoms with Crippen molar-refractivity contribution < 1.29 is 4.74 Å². The van der Waals surface area contributed by atoms with E-state index in [1.807, 2.05) is 0 Å². The van der Waals surface area contributed by atoms with Crippen LogP contribution in [0.15, 0.2) is 18.2 Å². The minimum atomic E-state index is 0.236. The molecule has 3 rings (SSSR count). The van der Waals surface area contributed by atoms with Crippen LogP contribution in [0.3, 0.4) is 0 Å². The van der Waals surface area contributed by atoms with E-state index in [1.54, 1.807) is 0 Å². The van der Waals surface area contributed by atoms with Crippen LogP contribution in [0, 0.1) is 11.7 Å². The number of rotatable bonds is 1. The zero-order valence-corrected chi connectivity index (χ0v) is 10.9. The number of hydrogen-bond donors (Lipinski definition) is 1. The van der Waals surface area contributed by atoms with Crippen molar-refractivity contribution in [3.63, 3.8) is 0 Å². The molecular formula is C13H16N2OS. The van der Waals surface area contributed by atoms with E-state index >= 15 is 0 Å². The van der Waals surface area contributed by atoms with Crippen molar-refractivity contribution in [3.05, 3.63) is 28.5 Å². The number of aryl methyl sites for hydroxylation is 1. The lowest BCUT2D eigenvalue weighted by Crippen LogP contribution is -2.17. The van der Waals surface area contributed by atoms with E-state index < -0.39 is 0 Å². The first-order chi connectivity index (χ1) is 8.18. The average Bonchev–Trinajstić information content (AvgIpc) is 2.82. The van der Waals surface area contributed by atoms with E-state index in [4.69, 9.17) is 17.0 Å². The van der Waals surface area contributed by atoms with Gasteiger partial charge in [0.25, 0.3) is 0 Å². The van der Waals surface area contributed by atoms with Gasteiger partial charge in [0, 0.05) is 6.61 Å². The Hall–Kier alpha value is -1.13. The zero-order chi connectivity index (χ0) is 12.0. The van der Waals surface area contributed by atoms with Crippen LogP contribution >= 0.6 is 12.2 Å². The molecule has 17 heavy (non-hydrogen) atoms. The van der Waals surface area contributed by atoms with Crippen LogP contribution in [0.4, 0.5) is 0 Å². The first kappa shape index (κ1) is 11.0. The molecule has 3 nitrogen and oxygen atoms in total. The molecule has 1 aromatic heterocycles. The molecule has 0 saturated carbocycles. The number of hydrogen-bond acceptors (Lipinski definition) is 2. The molecule has 2 aromatic rings. The molecule has 1 aliphatic heterocycles. The van der Waals surface area contributed by atoms with Gasteiger partial charge in [0.2, 0.25) is 0 Å². The highest BCUT2D eigenvalue weighted by molar-refractivity contribution is 7.71. The van der Waals surface area contributed by atoms with Gasteiger partial charge >= 0.3 is 0 Å². The molecule has 2 heterocycles. The van der Waals surface area contributed by atoms with Gasteiger partial charge in [-0.15, -0.1) is 0 Å². The Morgan fingerprint density at radius 3 is 3.00 bits per heavy atom. The topological polar surface area (TPSA) is 29.9 Å². The van der Waals surface area contributed by atoms with Crippen LogP contribution < -0.4 is 0 Å². The summed E-state index contributed by atoms with van der Waals surface area (Å²) in [5, 5.41) is 0. The predicted molar refractivity (Wildman–Crippen MR) is 70.9 cm³/mol. The summed E-state index contributed by atoms with van der Waals surface area (Å²) in [6.07, 6.45) is 1.27. The van der Waals surface area contributed by atoms with Crippen molar-refractivity contribution in [1.29, 1.82) is 0 Å². The maximum absolute atomic E-state index is 5.65. The Morgan fingerprint density at radius 2 is 2.29 bits per heavy atom. The van der Waals surface area contributed by atoms with Crippen LogP contribution in [0.25, 0.3) is 11.0 Å². The number of nitrogens with zero attached hydrogens (tertiary/aromatic N) is 1. The first-order valence-electron chi connectivity index (χ1n) is 6.00. The standard InChI is InChI=1S/C13H16N2OS/c1-8-4-3-5-10-12(8)15(13(17)14-10)11-6-7-16-9(11)2/h3-5,9,11H,6-7H2,1-2H3,(H,14,17). The van der Waals surface area contributed by atoms with Gasteiger partial charge in [0.1, 0.15) is 0 Å². The van der Waals surface area contributed by atoms with Gasteiger partial charge < -0.3 is 14.3 Å². The summed E-state index contributed by atoms with van der Waals surface area (Å²) in [7, 11) is 0. The second kappa shape index (κ2) is 3.96. The highest BCUT2D eigenvalue weighted by Gasteiger charge is 2.28. The normalized spacial score (nSPS) is 24.6. The number of nitrogens with one attached hydrogen (secondary N) is 1. The largest absolute Gasteiger partial charge is 0.376 e. The van der Waals surface area contributed by atoms with E-state index in [0.29, 0.717) is 6.04 Å². The smallest absolute Gasteiger partial charge is 0.178 e. The molecule has 0 aliphatic carbocycles. The highest BCUT2D eigenvalue weighted by atomic mass is 32.1. The summed E-state index contributed by atoms with van der Waals surface area (Å²) in [5.41, 5.74) is 3.60. The zero-order valence-electron chi connectivity index (χ0n) is 10.1. The maximum Gasteiger partial charge on any atom is 0.178 e. The molecule has 0 bridgehead atoms. The number of benzene rings is 1. The van der Waals surface area contributed by atoms with Gasteiger partial charge in [-0.05, 0) is 44.1 Å².